The number of benzene rings is 3. The number of rotatable bonds is 6. The Kier molecular flexibility index (Phi) is 5.79. The zero-order valence-electron chi connectivity index (χ0n) is 18.6. The van der Waals surface area contributed by atoms with Crippen LogP contribution in [0.2, 0.25) is 0 Å². The van der Waals surface area contributed by atoms with Gasteiger partial charge in [0.1, 0.15) is 17.5 Å². The number of hydrogen-bond acceptors (Lipinski definition) is 4. The number of piperidine rings is 1. The smallest absolute Gasteiger partial charge is 0.352 e. The molecule has 0 aliphatic carbocycles. The Bertz CT molecular complexity index is 1290. The average molecular weight is 445 g/mol. The van der Waals surface area contributed by atoms with Gasteiger partial charge in [0, 0.05) is 24.0 Å². The highest BCUT2D eigenvalue weighted by atomic mass is 16.5. The van der Waals surface area contributed by atoms with Gasteiger partial charge in [-0.25, -0.2) is 4.79 Å². The van der Waals surface area contributed by atoms with Crippen LogP contribution in [0.3, 0.4) is 0 Å². The van der Waals surface area contributed by atoms with E-state index in [2.05, 4.69) is 52.3 Å². The summed E-state index contributed by atoms with van der Waals surface area (Å²) in [5, 5.41) is 23.1. The number of carboxylic acids is 1. The Morgan fingerprint density at radius 3 is 2.52 bits per heavy atom. The quantitative estimate of drug-likeness (QED) is 0.390. The molecule has 2 heterocycles. The number of hydrogen-bond donors (Lipinski definition) is 3. The van der Waals surface area contributed by atoms with Gasteiger partial charge >= 0.3 is 5.97 Å². The zero-order valence-corrected chi connectivity index (χ0v) is 18.6. The molecule has 5 rings (SSSR count). The van der Waals surface area contributed by atoms with E-state index in [4.69, 9.17) is 4.74 Å². The average Bonchev–Trinajstić information content (AvgIpc) is 3.28. The van der Waals surface area contributed by atoms with E-state index in [1.807, 2.05) is 18.2 Å². The van der Waals surface area contributed by atoms with Crippen LogP contribution < -0.4 is 4.74 Å². The minimum atomic E-state index is -1.01. The lowest BCUT2D eigenvalue weighted by atomic mass is 9.88. The summed E-state index contributed by atoms with van der Waals surface area (Å²) >= 11 is 0. The molecular weight excluding hydrogens is 416 g/mol. The van der Waals surface area contributed by atoms with Crippen molar-refractivity contribution >= 4 is 27.6 Å². The molecule has 1 saturated heterocycles. The molecule has 2 atom stereocenters. The van der Waals surface area contributed by atoms with Crippen LogP contribution in [0, 0.1) is 0 Å². The summed E-state index contributed by atoms with van der Waals surface area (Å²) < 4.78 is 6.28. The van der Waals surface area contributed by atoms with Crippen LogP contribution in [0.15, 0.2) is 66.7 Å². The van der Waals surface area contributed by atoms with Crippen LogP contribution in [-0.4, -0.2) is 51.5 Å². The maximum Gasteiger partial charge on any atom is 0.352 e. The lowest BCUT2D eigenvalue weighted by Crippen LogP contribution is -2.49. The monoisotopic (exact) mass is 444 g/mol. The number of nitrogens with one attached hydrogen (secondary N) is 1. The minimum absolute atomic E-state index is 0.117. The molecule has 1 aliphatic rings. The molecule has 0 radical (unpaired) electrons. The van der Waals surface area contributed by atoms with Gasteiger partial charge in [0.05, 0.1) is 0 Å². The molecule has 170 valence electrons. The van der Waals surface area contributed by atoms with Crippen molar-refractivity contribution in [3.05, 3.63) is 78.0 Å². The van der Waals surface area contributed by atoms with E-state index < -0.39 is 18.3 Å². The second-order valence-corrected chi connectivity index (χ2v) is 8.87. The fraction of sp³-hybridized carbons (Fsp3) is 0.296. The van der Waals surface area contributed by atoms with Crippen molar-refractivity contribution in [2.45, 2.75) is 38.0 Å². The van der Waals surface area contributed by atoms with Gasteiger partial charge in [-0.1, -0.05) is 48.5 Å². The van der Waals surface area contributed by atoms with Crippen LogP contribution in [0.25, 0.3) is 21.7 Å². The van der Waals surface area contributed by atoms with Gasteiger partial charge in [0.2, 0.25) is 0 Å². The molecule has 6 heteroatoms. The van der Waals surface area contributed by atoms with E-state index in [0.717, 1.165) is 25.9 Å². The Hall–Kier alpha value is -3.35. The van der Waals surface area contributed by atoms with Crippen LogP contribution >= 0.6 is 0 Å². The molecular formula is C27H28N2O4. The minimum Gasteiger partial charge on any atom is -0.477 e. The van der Waals surface area contributed by atoms with Crippen molar-refractivity contribution in [2.75, 3.05) is 13.1 Å². The maximum atomic E-state index is 11.4. The van der Waals surface area contributed by atoms with Crippen molar-refractivity contribution in [1.82, 2.24) is 9.88 Å². The van der Waals surface area contributed by atoms with E-state index in [9.17, 15) is 15.0 Å². The lowest BCUT2D eigenvalue weighted by molar-refractivity contribution is -0.0664. The SMILES string of the molecule is CC(O)C(Oc1cccc2[nH]c(C(=O)O)cc12)N1CCC(c2ccc3ccccc3c2)CC1. The predicted octanol–water partition coefficient (Wildman–Crippen LogP) is 4.98. The van der Waals surface area contributed by atoms with Crippen molar-refractivity contribution in [3.63, 3.8) is 0 Å². The lowest BCUT2D eigenvalue weighted by Gasteiger charge is -2.38. The van der Waals surface area contributed by atoms with E-state index in [1.165, 1.54) is 16.3 Å². The first-order chi connectivity index (χ1) is 16.0. The second-order valence-electron chi connectivity index (χ2n) is 8.87. The van der Waals surface area contributed by atoms with E-state index in [1.54, 1.807) is 13.0 Å². The summed E-state index contributed by atoms with van der Waals surface area (Å²) in [5.74, 6) is 0.0329. The van der Waals surface area contributed by atoms with Crippen molar-refractivity contribution in [1.29, 1.82) is 0 Å². The number of carboxylic acid groups (broad SMARTS) is 1. The van der Waals surface area contributed by atoms with Gasteiger partial charge < -0.3 is 19.9 Å². The number of aromatic amines is 1. The predicted molar refractivity (Wildman–Crippen MR) is 129 cm³/mol. The number of likely N-dealkylation sites (tertiary alicyclic amines) is 1. The first-order valence-corrected chi connectivity index (χ1v) is 11.4. The Morgan fingerprint density at radius 2 is 1.79 bits per heavy atom. The van der Waals surface area contributed by atoms with E-state index in [0.29, 0.717) is 22.6 Å². The number of aromatic carboxylic acids is 1. The number of ether oxygens (including phenoxy) is 1. The fourth-order valence-electron chi connectivity index (χ4n) is 4.90. The van der Waals surface area contributed by atoms with Crippen LogP contribution in [0.5, 0.6) is 5.75 Å². The number of H-pyrrole nitrogens is 1. The highest BCUT2D eigenvalue weighted by Gasteiger charge is 2.30. The molecule has 1 aliphatic heterocycles. The Morgan fingerprint density at radius 1 is 1.03 bits per heavy atom. The summed E-state index contributed by atoms with van der Waals surface area (Å²) in [6.45, 7) is 3.37. The van der Waals surface area contributed by atoms with Crippen molar-refractivity contribution in [2.24, 2.45) is 0 Å². The molecule has 1 aromatic heterocycles. The maximum absolute atomic E-state index is 11.4. The van der Waals surface area contributed by atoms with Crippen molar-refractivity contribution in [3.8, 4) is 5.75 Å². The number of aliphatic hydroxyl groups is 1. The molecule has 33 heavy (non-hydrogen) atoms. The molecule has 0 bridgehead atoms. The third kappa shape index (κ3) is 4.32. The third-order valence-electron chi connectivity index (χ3n) is 6.65. The summed E-state index contributed by atoms with van der Waals surface area (Å²) in [5.41, 5.74) is 2.18. The van der Waals surface area contributed by atoms with Gasteiger partial charge in [0.25, 0.3) is 0 Å². The summed E-state index contributed by atoms with van der Waals surface area (Å²) in [6.07, 6.45) is 0.775. The first kappa shape index (κ1) is 21.5. The van der Waals surface area contributed by atoms with Crippen LogP contribution in [0.1, 0.15) is 41.7 Å². The molecule has 2 unspecified atom stereocenters. The van der Waals surface area contributed by atoms with E-state index in [-0.39, 0.29) is 5.69 Å². The van der Waals surface area contributed by atoms with Crippen molar-refractivity contribution < 1.29 is 19.7 Å². The fourth-order valence-corrected chi connectivity index (χ4v) is 4.90. The van der Waals surface area contributed by atoms with Gasteiger partial charge in [-0.2, -0.15) is 0 Å². The van der Waals surface area contributed by atoms with Crippen LogP contribution in [-0.2, 0) is 0 Å². The highest BCUT2D eigenvalue weighted by Crippen LogP contribution is 2.33. The molecule has 6 nitrogen and oxygen atoms in total. The number of aromatic nitrogens is 1. The Balaban J connectivity index is 1.32. The molecule has 0 amide bonds. The van der Waals surface area contributed by atoms with Gasteiger partial charge in [0.15, 0.2) is 6.23 Å². The van der Waals surface area contributed by atoms with Gasteiger partial charge in [-0.05, 0) is 60.2 Å². The number of carbonyl (C=O) groups is 1. The molecule has 0 spiro atoms. The molecule has 0 saturated carbocycles. The van der Waals surface area contributed by atoms with Gasteiger partial charge in [-0.15, -0.1) is 0 Å². The summed E-state index contributed by atoms with van der Waals surface area (Å²) in [4.78, 5) is 16.4. The number of fused-ring (bicyclic) bond motifs is 2. The van der Waals surface area contributed by atoms with E-state index >= 15 is 0 Å². The van der Waals surface area contributed by atoms with Crippen LogP contribution in [0.4, 0.5) is 0 Å². The normalized spacial score (nSPS) is 17.3. The zero-order chi connectivity index (χ0) is 22.9. The second kappa shape index (κ2) is 8.89. The molecule has 3 aromatic carbocycles. The molecule has 3 N–H and O–H groups in total. The standard InChI is InChI=1S/C27H28N2O4/c1-17(30)26(33-25-8-4-7-23-22(25)16-24(28-23)27(31)32)29-13-11-19(12-14-29)21-10-9-18-5-2-3-6-20(18)15-21/h2-10,15-17,19,26,28,30H,11-14H2,1H3,(H,31,32). The largest absolute Gasteiger partial charge is 0.477 e. The first-order valence-electron chi connectivity index (χ1n) is 11.4. The number of aliphatic hydroxyl groups excluding tert-OH is 1. The summed E-state index contributed by atoms with van der Waals surface area (Å²) in [6, 6.07) is 22.2. The highest BCUT2D eigenvalue weighted by molar-refractivity contribution is 5.96. The Labute approximate surface area is 192 Å². The summed E-state index contributed by atoms with van der Waals surface area (Å²) in [7, 11) is 0. The number of nitrogens with zero attached hydrogens (tertiary/aromatic N) is 1. The molecule has 4 aromatic rings. The van der Waals surface area contributed by atoms with Gasteiger partial charge in [-0.3, -0.25) is 4.90 Å². The topological polar surface area (TPSA) is 85.8 Å². The third-order valence-corrected chi connectivity index (χ3v) is 6.65. The molecule has 1 fully saturated rings.